The van der Waals surface area contributed by atoms with Gasteiger partial charge in [0.15, 0.2) is 0 Å². The van der Waals surface area contributed by atoms with Gasteiger partial charge in [-0.05, 0) is 17.7 Å². The minimum atomic E-state index is -0.767. The van der Waals surface area contributed by atoms with Gasteiger partial charge in [0.05, 0.1) is 11.9 Å². The quantitative estimate of drug-likeness (QED) is 0.811. The van der Waals surface area contributed by atoms with Crippen molar-refractivity contribution in [2.75, 3.05) is 5.32 Å². The molecule has 0 unspecified atom stereocenters. The first-order valence-corrected chi connectivity index (χ1v) is 5.40. The minimum Gasteiger partial charge on any atom is -0.323 e. The van der Waals surface area contributed by atoms with Crippen LogP contribution < -0.4 is 11.1 Å². The van der Waals surface area contributed by atoms with Crippen molar-refractivity contribution in [2.45, 2.75) is 6.04 Å². The van der Waals surface area contributed by atoms with Crippen molar-refractivity contribution in [1.29, 1.82) is 0 Å². The highest BCUT2D eigenvalue weighted by Gasteiger charge is 2.15. The Labute approximate surface area is 104 Å². The molecule has 0 fully saturated rings. The Morgan fingerprint density at radius 2 is 1.94 bits per heavy atom. The number of pyridine rings is 1. The zero-order valence-corrected chi connectivity index (χ0v) is 9.51. The average Bonchev–Trinajstić information content (AvgIpc) is 2.41. The Kier molecular flexibility index (Phi) is 3.64. The number of carbonyl (C=O) groups is 1. The van der Waals surface area contributed by atoms with Crippen LogP contribution in [0.25, 0.3) is 0 Å². The molecule has 1 atom stereocenters. The summed E-state index contributed by atoms with van der Waals surface area (Å²) < 4.78 is 12.6. The standard InChI is InChI=1S/C13H12FN3O/c14-11-7-6-10(8-16-11)17-13(18)12(15)9-4-2-1-3-5-9/h1-8,12H,15H2,(H,17,18)/t12-/m1/s1. The van der Waals surface area contributed by atoms with E-state index in [1.54, 1.807) is 12.1 Å². The van der Waals surface area contributed by atoms with E-state index in [-0.39, 0.29) is 5.91 Å². The van der Waals surface area contributed by atoms with Gasteiger partial charge < -0.3 is 11.1 Å². The van der Waals surface area contributed by atoms with Crippen molar-refractivity contribution < 1.29 is 9.18 Å². The number of anilines is 1. The second-order valence-corrected chi connectivity index (χ2v) is 3.75. The third-order valence-electron chi connectivity index (χ3n) is 2.44. The van der Waals surface area contributed by atoms with Crippen LogP contribution in [0.1, 0.15) is 11.6 Å². The molecule has 4 nitrogen and oxygen atoms in total. The highest BCUT2D eigenvalue weighted by molar-refractivity contribution is 5.95. The number of amides is 1. The molecule has 18 heavy (non-hydrogen) atoms. The van der Waals surface area contributed by atoms with E-state index in [0.29, 0.717) is 11.3 Å². The van der Waals surface area contributed by atoms with E-state index < -0.39 is 12.0 Å². The summed E-state index contributed by atoms with van der Waals surface area (Å²) in [5.74, 6) is -0.963. The third kappa shape index (κ3) is 2.89. The number of aromatic nitrogens is 1. The molecule has 1 heterocycles. The Morgan fingerprint density at radius 1 is 1.22 bits per heavy atom. The first kappa shape index (κ1) is 12.2. The van der Waals surface area contributed by atoms with E-state index in [4.69, 9.17) is 5.73 Å². The van der Waals surface area contributed by atoms with Crippen LogP contribution in [0.5, 0.6) is 0 Å². The molecule has 0 aliphatic carbocycles. The van der Waals surface area contributed by atoms with Gasteiger partial charge in [-0.25, -0.2) is 4.98 Å². The Morgan fingerprint density at radius 3 is 2.56 bits per heavy atom. The van der Waals surface area contributed by atoms with Crippen LogP contribution in [0, 0.1) is 5.95 Å². The van der Waals surface area contributed by atoms with E-state index in [0.717, 1.165) is 0 Å². The summed E-state index contributed by atoms with van der Waals surface area (Å²) in [6.07, 6.45) is 1.24. The lowest BCUT2D eigenvalue weighted by Gasteiger charge is -2.12. The van der Waals surface area contributed by atoms with Crippen LogP contribution >= 0.6 is 0 Å². The fraction of sp³-hybridized carbons (Fsp3) is 0.0769. The van der Waals surface area contributed by atoms with Crippen LogP contribution in [-0.4, -0.2) is 10.9 Å². The molecule has 92 valence electrons. The highest BCUT2D eigenvalue weighted by atomic mass is 19.1. The van der Waals surface area contributed by atoms with Crippen molar-refractivity contribution in [3.63, 3.8) is 0 Å². The molecule has 0 saturated carbocycles. The topological polar surface area (TPSA) is 68.0 Å². The molecule has 2 aromatic rings. The average molecular weight is 245 g/mol. The van der Waals surface area contributed by atoms with E-state index in [1.165, 1.54) is 18.3 Å². The van der Waals surface area contributed by atoms with Gasteiger partial charge in [0.25, 0.3) is 0 Å². The summed E-state index contributed by atoms with van der Waals surface area (Å²) in [6.45, 7) is 0. The zero-order valence-electron chi connectivity index (χ0n) is 9.51. The second kappa shape index (κ2) is 5.37. The highest BCUT2D eigenvalue weighted by Crippen LogP contribution is 2.13. The van der Waals surface area contributed by atoms with Crippen LogP contribution in [0.2, 0.25) is 0 Å². The van der Waals surface area contributed by atoms with E-state index in [9.17, 15) is 9.18 Å². The molecule has 0 bridgehead atoms. The number of nitrogens with zero attached hydrogens (tertiary/aromatic N) is 1. The molecule has 1 aromatic carbocycles. The molecule has 1 aromatic heterocycles. The Bertz CT molecular complexity index is 528. The molecule has 1 amide bonds. The number of nitrogens with two attached hydrogens (primary N) is 1. The van der Waals surface area contributed by atoms with Gasteiger partial charge >= 0.3 is 0 Å². The molecule has 0 radical (unpaired) electrons. The fourth-order valence-corrected chi connectivity index (χ4v) is 1.48. The number of hydrogen-bond donors (Lipinski definition) is 2. The first-order valence-electron chi connectivity index (χ1n) is 5.40. The summed E-state index contributed by atoms with van der Waals surface area (Å²) in [4.78, 5) is 15.3. The predicted octanol–water partition coefficient (Wildman–Crippen LogP) is 1.86. The third-order valence-corrected chi connectivity index (χ3v) is 2.44. The van der Waals surface area contributed by atoms with Crippen molar-refractivity contribution >= 4 is 11.6 Å². The van der Waals surface area contributed by atoms with Gasteiger partial charge in [-0.1, -0.05) is 30.3 Å². The lowest BCUT2D eigenvalue weighted by Crippen LogP contribution is -2.27. The summed E-state index contributed by atoms with van der Waals surface area (Å²) in [5, 5.41) is 2.57. The van der Waals surface area contributed by atoms with Crippen molar-refractivity contribution in [1.82, 2.24) is 4.98 Å². The zero-order chi connectivity index (χ0) is 13.0. The number of hydrogen-bond acceptors (Lipinski definition) is 3. The summed E-state index contributed by atoms with van der Waals surface area (Å²) in [6, 6.07) is 10.8. The maximum absolute atomic E-state index is 12.6. The number of benzene rings is 1. The SMILES string of the molecule is N[C@@H](C(=O)Nc1ccc(F)nc1)c1ccccc1. The lowest BCUT2D eigenvalue weighted by atomic mass is 10.1. The molecule has 2 rings (SSSR count). The number of carbonyl (C=O) groups excluding carboxylic acids is 1. The maximum Gasteiger partial charge on any atom is 0.245 e. The van der Waals surface area contributed by atoms with Gasteiger partial charge in [0.2, 0.25) is 11.9 Å². The number of rotatable bonds is 3. The smallest absolute Gasteiger partial charge is 0.245 e. The van der Waals surface area contributed by atoms with E-state index in [1.807, 2.05) is 18.2 Å². The molecular formula is C13H12FN3O. The molecular weight excluding hydrogens is 233 g/mol. The minimum absolute atomic E-state index is 0.366. The molecule has 3 N–H and O–H groups in total. The molecule has 0 aliphatic rings. The van der Waals surface area contributed by atoms with E-state index >= 15 is 0 Å². The second-order valence-electron chi connectivity index (χ2n) is 3.75. The predicted molar refractivity (Wildman–Crippen MR) is 66.2 cm³/mol. The van der Waals surface area contributed by atoms with Gasteiger partial charge in [-0.2, -0.15) is 4.39 Å². The monoisotopic (exact) mass is 245 g/mol. The normalized spacial score (nSPS) is 11.9. The molecule has 0 spiro atoms. The van der Waals surface area contributed by atoms with Crippen LogP contribution in [0.4, 0.5) is 10.1 Å². The van der Waals surface area contributed by atoms with Crippen LogP contribution in [0.3, 0.4) is 0 Å². The number of halogens is 1. The summed E-state index contributed by atoms with van der Waals surface area (Å²) in [5.41, 5.74) is 6.93. The summed E-state index contributed by atoms with van der Waals surface area (Å²) >= 11 is 0. The van der Waals surface area contributed by atoms with Crippen LogP contribution in [-0.2, 0) is 4.79 Å². The Hall–Kier alpha value is -2.27. The van der Waals surface area contributed by atoms with Crippen molar-refractivity contribution in [3.8, 4) is 0 Å². The van der Waals surface area contributed by atoms with Crippen LogP contribution in [0.15, 0.2) is 48.7 Å². The van der Waals surface area contributed by atoms with Crippen molar-refractivity contribution in [2.24, 2.45) is 5.73 Å². The molecule has 0 aliphatic heterocycles. The lowest BCUT2D eigenvalue weighted by molar-refractivity contribution is -0.117. The van der Waals surface area contributed by atoms with Gasteiger partial charge in [-0.3, -0.25) is 4.79 Å². The maximum atomic E-state index is 12.6. The fourth-order valence-electron chi connectivity index (χ4n) is 1.48. The number of nitrogens with one attached hydrogen (secondary N) is 1. The van der Waals surface area contributed by atoms with Gasteiger partial charge in [0.1, 0.15) is 6.04 Å². The van der Waals surface area contributed by atoms with E-state index in [2.05, 4.69) is 10.3 Å². The van der Waals surface area contributed by atoms with Crippen molar-refractivity contribution in [3.05, 3.63) is 60.2 Å². The largest absolute Gasteiger partial charge is 0.323 e. The molecule has 0 saturated heterocycles. The molecule has 5 heteroatoms. The van der Waals surface area contributed by atoms with Gasteiger partial charge in [0, 0.05) is 0 Å². The first-order chi connectivity index (χ1) is 8.66. The van der Waals surface area contributed by atoms with Gasteiger partial charge in [-0.15, -0.1) is 0 Å². The summed E-state index contributed by atoms with van der Waals surface area (Å²) in [7, 11) is 0. The Balaban J connectivity index is 2.06.